The Kier molecular flexibility index (Phi) is 5.80. The van der Waals surface area contributed by atoms with Gasteiger partial charge in [0.25, 0.3) is 16.1 Å². The van der Waals surface area contributed by atoms with Crippen LogP contribution in [-0.4, -0.2) is 45.8 Å². The van der Waals surface area contributed by atoms with Crippen LogP contribution in [-0.2, 0) is 10.2 Å². The highest BCUT2D eigenvalue weighted by Gasteiger charge is 2.12. The molecule has 0 radical (unpaired) electrons. The first kappa shape index (κ1) is 16.0. The SMILES string of the molecule is CN(C)S(=O)(=O)NCCNC(=O)c1ccccc1S. The van der Waals surface area contributed by atoms with Crippen LogP contribution >= 0.6 is 12.6 Å². The number of amides is 1. The molecule has 1 rings (SSSR count). The van der Waals surface area contributed by atoms with Crippen LogP contribution in [0.5, 0.6) is 0 Å². The molecule has 1 amide bonds. The predicted octanol–water partition coefficient (Wildman–Crippen LogP) is 0.101. The minimum atomic E-state index is -3.45. The average molecular weight is 303 g/mol. The summed E-state index contributed by atoms with van der Waals surface area (Å²) in [4.78, 5) is 12.4. The molecule has 8 heteroatoms. The van der Waals surface area contributed by atoms with Crippen molar-refractivity contribution in [2.45, 2.75) is 4.90 Å². The van der Waals surface area contributed by atoms with Gasteiger partial charge >= 0.3 is 0 Å². The first-order valence-corrected chi connectivity index (χ1v) is 7.46. The highest BCUT2D eigenvalue weighted by Crippen LogP contribution is 2.12. The standard InChI is InChI=1S/C11H17N3O3S2/c1-14(2)19(16,17)13-8-7-12-11(15)9-5-3-4-6-10(9)18/h3-6,13,18H,7-8H2,1-2H3,(H,12,15). The van der Waals surface area contributed by atoms with Gasteiger partial charge in [0.15, 0.2) is 0 Å². The molecule has 0 fully saturated rings. The van der Waals surface area contributed by atoms with Gasteiger partial charge in [0, 0.05) is 32.1 Å². The molecule has 6 nitrogen and oxygen atoms in total. The van der Waals surface area contributed by atoms with Gasteiger partial charge in [-0.2, -0.15) is 12.7 Å². The summed E-state index contributed by atoms with van der Waals surface area (Å²) in [6.45, 7) is 0.328. The molecular formula is C11H17N3O3S2. The van der Waals surface area contributed by atoms with Crippen molar-refractivity contribution in [1.82, 2.24) is 14.3 Å². The minimum Gasteiger partial charge on any atom is -0.351 e. The summed E-state index contributed by atoms with van der Waals surface area (Å²) in [6.07, 6.45) is 0. The highest BCUT2D eigenvalue weighted by atomic mass is 32.2. The van der Waals surface area contributed by atoms with Gasteiger partial charge in [0.1, 0.15) is 0 Å². The fourth-order valence-corrected chi connectivity index (χ4v) is 2.13. The first-order chi connectivity index (χ1) is 8.84. The van der Waals surface area contributed by atoms with Gasteiger partial charge in [-0.05, 0) is 12.1 Å². The second kappa shape index (κ2) is 6.90. The maximum absolute atomic E-state index is 11.8. The fraction of sp³-hybridized carbons (Fsp3) is 0.364. The molecule has 1 aromatic rings. The summed E-state index contributed by atoms with van der Waals surface area (Å²) >= 11 is 4.18. The molecule has 1 aromatic carbocycles. The van der Waals surface area contributed by atoms with Crippen molar-refractivity contribution in [1.29, 1.82) is 0 Å². The first-order valence-electron chi connectivity index (χ1n) is 5.58. The van der Waals surface area contributed by atoms with E-state index in [1.54, 1.807) is 24.3 Å². The lowest BCUT2D eigenvalue weighted by atomic mass is 10.2. The third-order valence-electron chi connectivity index (χ3n) is 2.32. The summed E-state index contributed by atoms with van der Waals surface area (Å²) < 4.78 is 26.2. The van der Waals surface area contributed by atoms with E-state index in [4.69, 9.17) is 0 Å². The molecule has 0 aliphatic carbocycles. The Hall–Kier alpha value is -1.09. The molecule has 0 heterocycles. The maximum Gasteiger partial charge on any atom is 0.278 e. The second-order valence-electron chi connectivity index (χ2n) is 3.95. The molecule has 0 bridgehead atoms. The van der Waals surface area contributed by atoms with Gasteiger partial charge in [-0.1, -0.05) is 12.1 Å². The van der Waals surface area contributed by atoms with E-state index in [0.717, 1.165) is 4.31 Å². The highest BCUT2D eigenvalue weighted by molar-refractivity contribution is 7.87. The Morgan fingerprint density at radius 2 is 1.89 bits per heavy atom. The van der Waals surface area contributed by atoms with E-state index in [0.29, 0.717) is 10.5 Å². The monoisotopic (exact) mass is 303 g/mol. The number of hydrogen-bond donors (Lipinski definition) is 3. The second-order valence-corrected chi connectivity index (χ2v) is 6.41. The van der Waals surface area contributed by atoms with E-state index in [1.165, 1.54) is 14.1 Å². The lowest BCUT2D eigenvalue weighted by Crippen LogP contribution is -2.40. The van der Waals surface area contributed by atoms with Gasteiger partial charge in [-0.3, -0.25) is 4.79 Å². The number of thiol groups is 1. The number of nitrogens with one attached hydrogen (secondary N) is 2. The molecule has 106 valence electrons. The Morgan fingerprint density at radius 3 is 2.47 bits per heavy atom. The smallest absolute Gasteiger partial charge is 0.278 e. The molecule has 19 heavy (non-hydrogen) atoms. The minimum absolute atomic E-state index is 0.126. The normalized spacial score (nSPS) is 11.6. The van der Waals surface area contributed by atoms with Crippen molar-refractivity contribution in [2.75, 3.05) is 27.2 Å². The fourth-order valence-electron chi connectivity index (χ4n) is 1.25. The lowest BCUT2D eigenvalue weighted by Gasteiger charge is -2.12. The van der Waals surface area contributed by atoms with E-state index in [9.17, 15) is 13.2 Å². The van der Waals surface area contributed by atoms with E-state index in [-0.39, 0.29) is 19.0 Å². The Bertz CT molecular complexity index is 544. The summed E-state index contributed by atoms with van der Waals surface area (Å²) in [6, 6.07) is 6.89. The molecule has 0 aromatic heterocycles. The van der Waals surface area contributed by atoms with Crippen molar-refractivity contribution in [2.24, 2.45) is 0 Å². The lowest BCUT2D eigenvalue weighted by molar-refractivity contribution is 0.0951. The van der Waals surface area contributed by atoms with Gasteiger partial charge < -0.3 is 5.32 Å². The van der Waals surface area contributed by atoms with E-state index >= 15 is 0 Å². The van der Waals surface area contributed by atoms with Crippen LogP contribution in [0.1, 0.15) is 10.4 Å². The number of hydrogen-bond acceptors (Lipinski definition) is 4. The number of rotatable bonds is 6. The Labute approximate surface area is 118 Å². The number of benzene rings is 1. The quantitative estimate of drug-likeness (QED) is 0.515. The van der Waals surface area contributed by atoms with Crippen LogP contribution in [0, 0.1) is 0 Å². The largest absolute Gasteiger partial charge is 0.351 e. The maximum atomic E-state index is 11.8. The van der Waals surface area contributed by atoms with Crippen molar-refractivity contribution >= 4 is 28.7 Å². The van der Waals surface area contributed by atoms with Crippen LogP contribution in [0.4, 0.5) is 0 Å². The zero-order valence-corrected chi connectivity index (χ0v) is 12.5. The number of carbonyl (C=O) groups is 1. The molecular weight excluding hydrogens is 286 g/mol. The van der Waals surface area contributed by atoms with Crippen LogP contribution in [0.25, 0.3) is 0 Å². The Morgan fingerprint density at radius 1 is 1.26 bits per heavy atom. The molecule has 0 aliphatic rings. The topological polar surface area (TPSA) is 78.5 Å². The summed E-state index contributed by atoms with van der Waals surface area (Å²) in [7, 11) is -0.595. The van der Waals surface area contributed by atoms with E-state index < -0.39 is 10.2 Å². The summed E-state index contributed by atoms with van der Waals surface area (Å²) in [5.74, 6) is -0.283. The van der Waals surface area contributed by atoms with Gasteiger partial charge in [0.05, 0.1) is 5.56 Å². The molecule has 0 saturated heterocycles. The molecule has 0 atom stereocenters. The summed E-state index contributed by atoms with van der Waals surface area (Å²) in [5, 5.41) is 2.62. The van der Waals surface area contributed by atoms with Crippen LogP contribution < -0.4 is 10.0 Å². The molecule has 0 aliphatic heterocycles. The van der Waals surface area contributed by atoms with Gasteiger partial charge in [-0.15, -0.1) is 12.6 Å². The number of nitrogens with zero attached hydrogens (tertiary/aromatic N) is 1. The van der Waals surface area contributed by atoms with Crippen molar-refractivity contribution in [3.05, 3.63) is 29.8 Å². The molecule has 0 unspecified atom stereocenters. The van der Waals surface area contributed by atoms with Crippen molar-refractivity contribution in [3.8, 4) is 0 Å². The predicted molar refractivity (Wildman–Crippen MR) is 76.6 cm³/mol. The summed E-state index contributed by atoms with van der Waals surface area (Å²) in [5.41, 5.74) is 0.460. The van der Waals surface area contributed by atoms with E-state index in [2.05, 4.69) is 22.7 Å². The van der Waals surface area contributed by atoms with Gasteiger partial charge in [-0.25, -0.2) is 4.72 Å². The van der Waals surface area contributed by atoms with E-state index in [1.807, 2.05) is 0 Å². The zero-order chi connectivity index (χ0) is 14.5. The average Bonchev–Trinajstić information content (AvgIpc) is 2.34. The van der Waals surface area contributed by atoms with Crippen molar-refractivity contribution in [3.63, 3.8) is 0 Å². The Balaban J connectivity index is 2.43. The third kappa shape index (κ3) is 4.83. The zero-order valence-electron chi connectivity index (χ0n) is 10.8. The van der Waals surface area contributed by atoms with Crippen LogP contribution in [0.2, 0.25) is 0 Å². The van der Waals surface area contributed by atoms with Crippen LogP contribution in [0.3, 0.4) is 0 Å². The number of carbonyl (C=O) groups excluding carboxylic acids is 1. The van der Waals surface area contributed by atoms with Crippen molar-refractivity contribution < 1.29 is 13.2 Å². The molecule has 2 N–H and O–H groups in total. The molecule has 0 spiro atoms. The van der Waals surface area contributed by atoms with Gasteiger partial charge in [0.2, 0.25) is 0 Å². The third-order valence-corrected chi connectivity index (χ3v) is 4.24. The molecule has 0 saturated carbocycles. The van der Waals surface area contributed by atoms with Crippen LogP contribution in [0.15, 0.2) is 29.2 Å².